The number of rotatable bonds is 7. The van der Waals surface area contributed by atoms with Crippen LogP contribution in [0.15, 0.2) is 18.2 Å². The summed E-state index contributed by atoms with van der Waals surface area (Å²) in [4.78, 5) is 24.5. The van der Waals surface area contributed by atoms with Gasteiger partial charge in [0.05, 0.1) is 10.5 Å². The van der Waals surface area contributed by atoms with Gasteiger partial charge in [-0.1, -0.05) is 6.07 Å². The number of hydrogen-bond donors (Lipinski definition) is 3. The Morgan fingerprint density at radius 1 is 1.52 bits per heavy atom. The average Bonchev–Trinajstić information content (AvgIpc) is 2.45. The highest BCUT2D eigenvalue weighted by atomic mass is 16.6. The summed E-state index contributed by atoms with van der Waals surface area (Å²) in [7, 11) is 0. The van der Waals surface area contributed by atoms with E-state index in [1.165, 1.54) is 23.1 Å². The van der Waals surface area contributed by atoms with Gasteiger partial charge < -0.3 is 15.4 Å². The number of anilines is 1. The summed E-state index contributed by atoms with van der Waals surface area (Å²) < 4.78 is 0. The molecule has 1 aromatic carbocycles. The molecule has 1 rings (SSSR count). The standard InChI is InChI=1S/C13H20N4O4/c1-9(2)16(7-4-8-18)13(19)10-5-3-6-11(17(20)21)12(10)15-14/h3,5-6,9,15,18H,4,7-8,14H2,1-2H3. The molecule has 0 atom stereocenters. The highest BCUT2D eigenvalue weighted by molar-refractivity contribution is 6.01. The number of carbonyl (C=O) groups is 1. The fourth-order valence-electron chi connectivity index (χ4n) is 2.01. The van der Waals surface area contributed by atoms with Gasteiger partial charge in [0.2, 0.25) is 0 Å². The van der Waals surface area contributed by atoms with Gasteiger partial charge in [-0.3, -0.25) is 20.8 Å². The maximum atomic E-state index is 12.6. The second-order valence-corrected chi connectivity index (χ2v) is 4.77. The van der Waals surface area contributed by atoms with Crippen LogP contribution in [0.3, 0.4) is 0 Å². The summed E-state index contributed by atoms with van der Waals surface area (Å²) in [6.07, 6.45) is 0.435. The van der Waals surface area contributed by atoms with Gasteiger partial charge >= 0.3 is 0 Å². The molecule has 0 saturated carbocycles. The van der Waals surface area contributed by atoms with Gasteiger partial charge in [-0.2, -0.15) is 0 Å². The van der Waals surface area contributed by atoms with Gasteiger partial charge in [0, 0.05) is 25.3 Å². The van der Waals surface area contributed by atoms with Gasteiger partial charge in [-0.15, -0.1) is 0 Å². The number of amides is 1. The monoisotopic (exact) mass is 296 g/mol. The SMILES string of the molecule is CC(C)N(CCCO)C(=O)c1cccc([N+](=O)[O-])c1NN. The third kappa shape index (κ3) is 3.89. The summed E-state index contributed by atoms with van der Waals surface area (Å²) in [5, 5.41) is 19.9. The van der Waals surface area contributed by atoms with Crippen molar-refractivity contribution in [3.63, 3.8) is 0 Å². The molecule has 0 aliphatic heterocycles. The van der Waals surface area contributed by atoms with E-state index < -0.39 is 4.92 Å². The summed E-state index contributed by atoms with van der Waals surface area (Å²) >= 11 is 0. The van der Waals surface area contributed by atoms with E-state index in [2.05, 4.69) is 5.43 Å². The molecule has 116 valence electrons. The first-order valence-corrected chi connectivity index (χ1v) is 6.59. The molecule has 1 aromatic rings. The number of para-hydroxylation sites is 1. The molecule has 0 aromatic heterocycles. The number of hydrazine groups is 1. The summed E-state index contributed by atoms with van der Waals surface area (Å²) in [5.41, 5.74) is 2.11. The normalized spacial score (nSPS) is 10.5. The smallest absolute Gasteiger partial charge is 0.294 e. The minimum atomic E-state index is -0.598. The van der Waals surface area contributed by atoms with Crippen LogP contribution in [0.4, 0.5) is 11.4 Å². The Hall–Kier alpha value is -2.19. The van der Waals surface area contributed by atoms with Crippen LogP contribution in [-0.2, 0) is 0 Å². The topological polar surface area (TPSA) is 122 Å². The van der Waals surface area contributed by atoms with Crippen LogP contribution >= 0.6 is 0 Å². The molecule has 1 amide bonds. The number of nitrogens with two attached hydrogens (primary N) is 1. The molecule has 0 spiro atoms. The van der Waals surface area contributed by atoms with Crippen LogP contribution in [0, 0.1) is 10.1 Å². The summed E-state index contributed by atoms with van der Waals surface area (Å²) in [6.45, 7) is 4.00. The van der Waals surface area contributed by atoms with Gasteiger partial charge in [-0.25, -0.2) is 0 Å². The molecular formula is C13H20N4O4. The van der Waals surface area contributed by atoms with Crippen molar-refractivity contribution in [3.05, 3.63) is 33.9 Å². The van der Waals surface area contributed by atoms with Crippen LogP contribution in [0.1, 0.15) is 30.6 Å². The van der Waals surface area contributed by atoms with Crippen LogP contribution in [0.2, 0.25) is 0 Å². The van der Waals surface area contributed by atoms with Crippen molar-refractivity contribution in [2.24, 2.45) is 5.84 Å². The fraction of sp³-hybridized carbons (Fsp3) is 0.462. The van der Waals surface area contributed by atoms with Crippen molar-refractivity contribution >= 4 is 17.3 Å². The predicted octanol–water partition coefficient (Wildman–Crippen LogP) is 1.11. The number of benzene rings is 1. The minimum Gasteiger partial charge on any atom is -0.396 e. The molecule has 21 heavy (non-hydrogen) atoms. The Kier molecular flexibility index (Phi) is 6.07. The third-order valence-electron chi connectivity index (χ3n) is 3.06. The molecule has 4 N–H and O–H groups in total. The molecule has 0 saturated heterocycles. The number of nitrogens with one attached hydrogen (secondary N) is 1. The van der Waals surface area contributed by atoms with E-state index in [4.69, 9.17) is 10.9 Å². The molecule has 0 aliphatic carbocycles. The molecule has 0 heterocycles. The zero-order valence-electron chi connectivity index (χ0n) is 12.1. The highest BCUT2D eigenvalue weighted by Crippen LogP contribution is 2.28. The molecular weight excluding hydrogens is 276 g/mol. The quantitative estimate of drug-likeness (QED) is 0.393. The van der Waals surface area contributed by atoms with Gasteiger partial charge in [0.1, 0.15) is 5.69 Å². The van der Waals surface area contributed by atoms with Crippen molar-refractivity contribution in [3.8, 4) is 0 Å². The number of nitrogens with zero attached hydrogens (tertiary/aromatic N) is 2. The average molecular weight is 296 g/mol. The first-order chi connectivity index (χ1) is 9.93. The lowest BCUT2D eigenvalue weighted by Crippen LogP contribution is -2.38. The van der Waals surface area contributed by atoms with Gasteiger partial charge in [0.15, 0.2) is 0 Å². The molecule has 0 aliphatic rings. The maximum Gasteiger partial charge on any atom is 0.294 e. The molecule has 0 bridgehead atoms. The molecule has 0 radical (unpaired) electrons. The first kappa shape index (κ1) is 16.9. The Bertz CT molecular complexity index is 519. The second kappa shape index (κ2) is 7.55. The maximum absolute atomic E-state index is 12.6. The number of nitrogen functional groups attached to an aromatic ring is 1. The number of carbonyl (C=O) groups excluding carboxylic acids is 1. The summed E-state index contributed by atoms with van der Waals surface area (Å²) in [6, 6.07) is 4.10. The number of aliphatic hydroxyl groups excluding tert-OH is 1. The van der Waals surface area contributed by atoms with E-state index in [-0.39, 0.29) is 35.5 Å². The van der Waals surface area contributed by atoms with E-state index in [9.17, 15) is 14.9 Å². The lowest BCUT2D eigenvalue weighted by molar-refractivity contribution is -0.384. The van der Waals surface area contributed by atoms with E-state index in [0.717, 1.165) is 0 Å². The van der Waals surface area contributed by atoms with Crippen LogP contribution in [-0.4, -0.2) is 40.0 Å². The molecule has 0 unspecified atom stereocenters. The van der Waals surface area contributed by atoms with E-state index >= 15 is 0 Å². The van der Waals surface area contributed by atoms with Gasteiger partial charge in [-0.05, 0) is 26.3 Å². The lowest BCUT2D eigenvalue weighted by Gasteiger charge is -2.27. The zero-order chi connectivity index (χ0) is 16.0. The second-order valence-electron chi connectivity index (χ2n) is 4.77. The lowest BCUT2D eigenvalue weighted by atomic mass is 10.1. The molecule has 0 fully saturated rings. The molecule has 8 heteroatoms. The van der Waals surface area contributed by atoms with Crippen molar-refractivity contribution in [1.29, 1.82) is 0 Å². The Balaban J connectivity index is 3.21. The van der Waals surface area contributed by atoms with Crippen LogP contribution in [0.5, 0.6) is 0 Å². The van der Waals surface area contributed by atoms with E-state index in [1.807, 2.05) is 13.8 Å². The van der Waals surface area contributed by atoms with E-state index in [0.29, 0.717) is 13.0 Å². The number of aliphatic hydroxyl groups is 1. The van der Waals surface area contributed by atoms with Crippen LogP contribution in [0.25, 0.3) is 0 Å². The Morgan fingerprint density at radius 2 is 2.19 bits per heavy atom. The van der Waals surface area contributed by atoms with Gasteiger partial charge in [0.25, 0.3) is 11.6 Å². The largest absolute Gasteiger partial charge is 0.396 e. The number of hydrogen-bond acceptors (Lipinski definition) is 6. The number of nitro groups is 1. The Labute approximate surface area is 122 Å². The van der Waals surface area contributed by atoms with Crippen molar-refractivity contribution in [2.75, 3.05) is 18.6 Å². The predicted molar refractivity (Wildman–Crippen MR) is 78.8 cm³/mol. The van der Waals surface area contributed by atoms with Crippen molar-refractivity contribution in [1.82, 2.24) is 4.90 Å². The fourth-order valence-corrected chi connectivity index (χ4v) is 2.01. The zero-order valence-corrected chi connectivity index (χ0v) is 12.1. The van der Waals surface area contributed by atoms with E-state index in [1.54, 1.807) is 0 Å². The minimum absolute atomic E-state index is 0.0119. The highest BCUT2D eigenvalue weighted by Gasteiger charge is 2.25. The number of nitro benzene ring substituents is 1. The van der Waals surface area contributed by atoms with Crippen molar-refractivity contribution in [2.45, 2.75) is 26.3 Å². The van der Waals surface area contributed by atoms with Crippen LogP contribution < -0.4 is 11.3 Å². The first-order valence-electron chi connectivity index (χ1n) is 6.59. The third-order valence-corrected chi connectivity index (χ3v) is 3.06. The Morgan fingerprint density at radius 3 is 2.67 bits per heavy atom. The molecule has 8 nitrogen and oxygen atoms in total. The summed E-state index contributed by atoms with van der Waals surface area (Å²) in [5.74, 6) is 4.97. The van der Waals surface area contributed by atoms with Crippen molar-refractivity contribution < 1.29 is 14.8 Å².